The molecule has 0 bridgehead atoms. The maximum absolute atomic E-state index is 13.4. The molecule has 35 heavy (non-hydrogen) atoms. The number of amides is 1. The van der Waals surface area contributed by atoms with Crippen LogP contribution in [0.1, 0.15) is 21.7 Å². The molecular weight excluding hydrogens is 502 g/mol. The number of aromatic nitrogens is 2. The number of halogens is 5. The fourth-order valence-electron chi connectivity index (χ4n) is 3.43. The second-order valence-electron chi connectivity index (χ2n) is 7.47. The van der Waals surface area contributed by atoms with Crippen LogP contribution in [-0.4, -0.2) is 22.7 Å². The summed E-state index contributed by atoms with van der Waals surface area (Å²) in [7, 11) is 1.56. The van der Waals surface area contributed by atoms with Crippen molar-refractivity contribution in [3.63, 3.8) is 0 Å². The number of carbonyl (C=O) groups excluding carboxylic acids is 1. The summed E-state index contributed by atoms with van der Waals surface area (Å²) >= 11 is 12.4. The number of carbonyl (C=O) groups is 1. The SMILES string of the molecule is CNC(=O)c1cccc(-c2ccc(OCc3cc(C(F)(F)F)nn3-c3c(Cl)cccc3Cl)cc2)c1. The van der Waals surface area contributed by atoms with E-state index in [1.165, 1.54) is 12.1 Å². The summed E-state index contributed by atoms with van der Waals surface area (Å²) in [5, 5.41) is 6.57. The third kappa shape index (κ3) is 5.44. The van der Waals surface area contributed by atoms with Crippen LogP contribution in [0.25, 0.3) is 16.8 Å². The van der Waals surface area contributed by atoms with E-state index in [0.717, 1.165) is 21.9 Å². The largest absolute Gasteiger partial charge is 0.487 e. The topological polar surface area (TPSA) is 56.1 Å². The monoisotopic (exact) mass is 519 g/mol. The lowest BCUT2D eigenvalue weighted by Crippen LogP contribution is -2.17. The van der Waals surface area contributed by atoms with Crippen LogP contribution in [0.5, 0.6) is 5.75 Å². The molecule has 180 valence electrons. The van der Waals surface area contributed by atoms with Gasteiger partial charge in [-0.2, -0.15) is 18.3 Å². The van der Waals surface area contributed by atoms with E-state index in [1.807, 2.05) is 6.07 Å². The molecule has 0 saturated heterocycles. The van der Waals surface area contributed by atoms with Crippen molar-refractivity contribution in [3.8, 4) is 22.6 Å². The van der Waals surface area contributed by atoms with Crippen LogP contribution < -0.4 is 10.1 Å². The van der Waals surface area contributed by atoms with Gasteiger partial charge in [0.25, 0.3) is 5.91 Å². The van der Waals surface area contributed by atoms with Crippen molar-refractivity contribution in [1.82, 2.24) is 15.1 Å². The first-order valence-electron chi connectivity index (χ1n) is 10.3. The average Bonchev–Trinajstić information content (AvgIpc) is 3.27. The predicted octanol–water partition coefficient (Wildman–Crippen LogP) is 6.80. The van der Waals surface area contributed by atoms with E-state index >= 15 is 0 Å². The highest BCUT2D eigenvalue weighted by Gasteiger charge is 2.35. The van der Waals surface area contributed by atoms with Crippen molar-refractivity contribution >= 4 is 29.1 Å². The van der Waals surface area contributed by atoms with Crippen LogP contribution in [0.4, 0.5) is 13.2 Å². The first-order chi connectivity index (χ1) is 16.7. The van der Waals surface area contributed by atoms with E-state index in [1.54, 1.807) is 55.6 Å². The van der Waals surface area contributed by atoms with Gasteiger partial charge in [-0.1, -0.05) is 53.5 Å². The first kappa shape index (κ1) is 24.6. The van der Waals surface area contributed by atoms with Gasteiger partial charge in [-0.25, -0.2) is 4.68 Å². The molecule has 4 rings (SSSR count). The predicted molar refractivity (Wildman–Crippen MR) is 128 cm³/mol. The molecule has 0 aliphatic heterocycles. The molecule has 5 nitrogen and oxygen atoms in total. The molecule has 0 unspecified atom stereocenters. The van der Waals surface area contributed by atoms with Crippen molar-refractivity contribution in [1.29, 1.82) is 0 Å². The van der Waals surface area contributed by atoms with Gasteiger partial charge in [0.05, 0.1) is 15.7 Å². The Morgan fingerprint density at radius 1 is 0.971 bits per heavy atom. The number of rotatable bonds is 6. The summed E-state index contributed by atoms with van der Waals surface area (Å²) in [6, 6.07) is 19.6. The van der Waals surface area contributed by atoms with Crippen LogP contribution in [-0.2, 0) is 12.8 Å². The summed E-state index contributed by atoms with van der Waals surface area (Å²) in [5.74, 6) is 0.239. The van der Waals surface area contributed by atoms with E-state index in [0.29, 0.717) is 11.3 Å². The molecule has 0 fully saturated rings. The molecular formula is C25H18Cl2F3N3O2. The molecule has 1 N–H and O–H groups in total. The van der Waals surface area contributed by atoms with Crippen molar-refractivity contribution in [3.05, 3.63) is 99.8 Å². The fraction of sp³-hybridized carbons (Fsp3) is 0.120. The van der Waals surface area contributed by atoms with Gasteiger partial charge in [-0.05, 0) is 53.6 Å². The average molecular weight is 520 g/mol. The minimum Gasteiger partial charge on any atom is -0.487 e. The highest BCUT2D eigenvalue weighted by Crippen LogP contribution is 2.34. The molecule has 1 amide bonds. The Kier molecular flexibility index (Phi) is 7.05. The van der Waals surface area contributed by atoms with Gasteiger partial charge in [0.1, 0.15) is 18.0 Å². The number of ether oxygens (including phenoxy) is 1. The van der Waals surface area contributed by atoms with Crippen LogP contribution in [0.3, 0.4) is 0 Å². The quantitative estimate of drug-likeness (QED) is 0.304. The molecule has 0 spiro atoms. The summed E-state index contributed by atoms with van der Waals surface area (Å²) in [6.45, 7) is -0.212. The van der Waals surface area contributed by atoms with Crippen LogP contribution in [0, 0.1) is 0 Å². The summed E-state index contributed by atoms with van der Waals surface area (Å²) < 4.78 is 46.9. The Labute approximate surface area is 209 Å². The van der Waals surface area contributed by atoms with Gasteiger partial charge >= 0.3 is 6.18 Å². The zero-order valence-electron chi connectivity index (χ0n) is 18.2. The Hall–Kier alpha value is -3.49. The fourth-order valence-corrected chi connectivity index (χ4v) is 3.99. The van der Waals surface area contributed by atoms with Crippen molar-refractivity contribution in [2.75, 3.05) is 7.05 Å². The standard InChI is InChI=1S/C25H18Cl2F3N3O2/c1-31-24(34)17-5-2-4-16(12-17)15-8-10-19(11-9-15)35-14-18-13-22(25(28,29)30)32-33(18)23-20(26)6-3-7-21(23)27/h2-13H,14H2,1H3,(H,31,34). The number of hydrogen-bond acceptors (Lipinski definition) is 3. The van der Waals surface area contributed by atoms with Gasteiger partial charge in [-0.3, -0.25) is 4.79 Å². The summed E-state index contributed by atoms with van der Waals surface area (Å²) in [4.78, 5) is 11.9. The number of alkyl halides is 3. The van der Waals surface area contributed by atoms with Crippen molar-refractivity contribution in [2.24, 2.45) is 0 Å². The Balaban J connectivity index is 1.58. The number of para-hydroxylation sites is 1. The van der Waals surface area contributed by atoms with Gasteiger partial charge < -0.3 is 10.1 Å². The molecule has 10 heteroatoms. The molecule has 0 radical (unpaired) electrons. The molecule has 4 aromatic rings. The molecule has 1 aromatic heterocycles. The van der Waals surface area contributed by atoms with Crippen molar-refractivity contribution < 1.29 is 22.7 Å². The molecule has 0 aliphatic rings. The minimum atomic E-state index is -4.65. The van der Waals surface area contributed by atoms with Crippen LogP contribution in [0.15, 0.2) is 72.8 Å². The molecule has 0 saturated carbocycles. The summed E-state index contributed by atoms with van der Waals surface area (Å²) in [5.41, 5.74) is 1.37. The van der Waals surface area contributed by atoms with E-state index in [-0.39, 0.29) is 33.9 Å². The van der Waals surface area contributed by atoms with Crippen LogP contribution >= 0.6 is 23.2 Å². The van der Waals surface area contributed by atoms with Crippen molar-refractivity contribution in [2.45, 2.75) is 12.8 Å². The summed E-state index contributed by atoms with van der Waals surface area (Å²) in [6.07, 6.45) is -4.65. The first-order valence-corrected chi connectivity index (χ1v) is 11.1. The second-order valence-corrected chi connectivity index (χ2v) is 8.29. The Bertz CT molecular complexity index is 1350. The molecule has 0 atom stereocenters. The van der Waals surface area contributed by atoms with Gasteiger partial charge in [-0.15, -0.1) is 0 Å². The maximum Gasteiger partial charge on any atom is 0.435 e. The normalized spacial score (nSPS) is 11.4. The third-order valence-electron chi connectivity index (χ3n) is 5.15. The smallest absolute Gasteiger partial charge is 0.435 e. The van der Waals surface area contributed by atoms with Crippen LogP contribution in [0.2, 0.25) is 10.0 Å². The third-order valence-corrected chi connectivity index (χ3v) is 5.76. The van der Waals surface area contributed by atoms with Gasteiger partial charge in [0.2, 0.25) is 0 Å². The number of nitrogens with zero attached hydrogens (tertiary/aromatic N) is 2. The highest BCUT2D eigenvalue weighted by atomic mass is 35.5. The Morgan fingerprint density at radius 3 is 2.26 bits per heavy atom. The highest BCUT2D eigenvalue weighted by molar-refractivity contribution is 6.37. The van der Waals surface area contributed by atoms with Gasteiger partial charge in [0, 0.05) is 12.6 Å². The zero-order valence-corrected chi connectivity index (χ0v) is 19.7. The second kappa shape index (κ2) is 10.0. The van der Waals surface area contributed by atoms with E-state index < -0.39 is 11.9 Å². The lowest BCUT2D eigenvalue weighted by atomic mass is 10.0. The van der Waals surface area contributed by atoms with E-state index in [9.17, 15) is 18.0 Å². The van der Waals surface area contributed by atoms with Gasteiger partial charge in [0.15, 0.2) is 5.69 Å². The van der Waals surface area contributed by atoms with E-state index in [4.69, 9.17) is 27.9 Å². The molecule has 0 aliphatic carbocycles. The zero-order chi connectivity index (χ0) is 25.2. The number of benzene rings is 3. The Morgan fingerprint density at radius 2 is 1.63 bits per heavy atom. The lowest BCUT2D eigenvalue weighted by molar-refractivity contribution is -0.141. The maximum atomic E-state index is 13.4. The lowest BCUT2D eigenvalue weighted by Gasteiger charge is -2.12. The number of hydrogen-bond donors (Lipinski definition) is 1. The molecule has 3 aromatic carbocycles. The minimum absolute atomic E-state index is 0.120. The molecule has 1 heterocycles. The van der Waals surface area contributed by atoms with E-state index in [2.05, 4.69) is 10.4 Å². The number of nitrogens with one attached hydrogen (secondary N) is 1.